The van der Waals surface area contributed by atoms with Gasteiger partial charge in [-0.05, 0) is 24.3 Å². The minimum atomic E-state index is -0.840. The highest BCUT2D eigenvalue weighted by molar-refractivity contribution is 5.97. The van der Waals surface area contributed by atoms with E-state index in [4.69, 9.17) is 10.8 Å². The smallest absolute Gasteiger partial charge is 0.306 e. The summed E-state index contributed by atoms with van der Waals surface area (Å²) in [4.78, 5) is 35.5. The highest BCUT2D eigenvalue weighted by Gasteiger charge is 2.37. The van der Waals surface area contributed by atoms with Gasteiger partial charge >= 0.3 is 5.97 Å². The molecule has 106 valence electrons. The van der Waals surface area contributed by atoms with Crippen molar-refractivity contribution in [2.45, 2.75) is 6.92 Å². The topological polar surface area (TPSA) is 101 Å². The molecule has 20 heavy (non-hydrogen) atoms. The Hall–Kier alpha value is -2.37. The minimum absolute atomic E-state index is 0.00124. The molecule has 3 N–H and O–H groups in total. The van der Waals surface area contributed by atoms with Gasteiger partial charge in [0.2, 0.25) is 5.91 Å². The monoisotopic (exact) mass is 276 g/mol. The predicted molar refractivity (Wildman–Crippen MR) is 71.2 cm³/mol. The van der Waals surface area contributed by atoms with Crippen LogP contribution in [0.4, 0.5) is 0 Å². The SMILES string of the molecule is CC(C(=O)O)C1CN(C(=O)c2ccc(C(N)=O)cc2)C1. The van der Waals surface area contributed by atoms with Crippen molar-refractivity contribution in [2.24, 2.45) is 17.6 Å². The number of carboxylic acid groups (broad SMARTS) is 1. The molecule has 1 aromatic rings. The van der Waals surface area contributed by atoms with E-state index >= 15 is 0 Å². The fourth-order valence-corrected chi connectivity index (χ4v) is 2.16. The second-order valence-electron chi connectivity index (χ2n) is 5.04. The molecule has 0 aliphatic carbocycles. The van der Waals surface area contributed by atoms with Crippen LogP contribution in [-0.2, 0) is 4.79 Å². The van der Waals surface area contributed by atoms with Crippen molar-refractivity contribution in [3.63, 3.8) is 0 Å². The summed E-state index contributed by atoms with van der Waals surface area (Å²) >= 11 is 0. The van der Waals surface area contributed by atoms with Gasteiger partial charge in [-0.15, -0.1) is 0 Å². The highest BCUT2D eigenvalue weighted by Crippen LogP contribution is 2.25. The van der Waals surface area contributed by atoms with E-state index in [0.717, 1.165) is 0 Å². The summed E-state index contributed by atoms with van der Waals surface area (Å²) in [5.74, 6) is -1.98. The standard InChI is InChI=1S/C14H16N2O4/c1-8(14(19)20)11-6-16(7-11)13(18)10-4-2-9(3-5-10)12(15)17/h2-5,8,11H,6-7H2,1H3,(H2,15,17)(H,19,20). The van der Waals surface area contributed by atoms with Crippen LogP contribution in [0, 0.1) is 11.8 Å². The van der Waals surface area contributed by atoms with E-state index < -0.39 is 17.8 Å². The third-order valence-electron chi connectivity index (χ3n) is 3.71. The fraction of sp³-hybridized carbons (Fsp3) is 0.357. The first-order chi connectivity index (χ1) is 9.40. The maximum atomic E-state index is 12.1. The van der Waals surface area contributed by atoms with Crippen LogP contribution in [0.15, 0.2) is 24.3 Å². The van der Waals surface area contributed by atoms with E-state index in [1.165, 1.54) is 12.1 Å². The van der Waals surface area contributed by atoms with Crippen molar-refractivity contribution in [1.29, 1.82) is 0 Å². The number of benzene rings is 1. The van der Waals surface area contributed by atoms with Gasteiger partial charge in [0.1, 0.15) is 0 Å². The van der Waals surface area contributed by atoms with Gasteiger partial charge < -0.3 is 15.7 Å². The summed E-state index contributed by atoms with van der Waals surface area (Å²) in [5, 5.41) is 8.89. The molecule has 6 nitrogen and oxygen atoms in total. The number of hydrogen-bond donors (Lipinski definition) is 2. The van der Waals surface area contributed by atoms with Crippen molar-refractivity contribution in [2.75, 3.05) is 13.1 Å². The number of carbonyl (C=O) groups excluding carboxylic acids is 2. The van der Waals surface area contributed by atoms with Gasteiger partial charge in [0, 0.05) is 30.1 Å². The number of nitrogens with two attached hydrogens (primary N) is 1. The van der Waals surface area contributed by atoms with Crippen molar-refractivity contribution < 1.29 is 19.5 Å². The Labute approximate surface area is 116 Å². The molecule has 6 heteroatoms. The first kappa shape index (κ1) is 14.0. The lowest BCUT2D eigenvalue weighted by Crippen LogP contribution is -2.53. The minimum Gasteiger partial charge on any atom is -0.481 e. The molecule has 1 aromatic carbocycles. The van der Waals surface area contributed by atoms with Crippen molar-refractivity contribution in [3.8, 4) is 0 Å². The fourth-order valence-electron chi connectivity index (χ4n) is 2.16. The lowest BCUT2D eigenvalue weighted by atomic mass is 9.86. The molecule has 0 spiro atoms. The predicted octanol–water partition coefficient (Wildman–Crippen LogP) is 0.578. The molecule has 0 bridgehead atoms. The van der Waals surface area contributed by atoms with E-state index in [-0.39, 0.29) is 11.8 Å². The molecule has 0 saturated carbocycles. The first-order valence-electron chi connectivity index (χ1n) is 6.32. The van der Waals surface area contributed by atoms with Gasteiger partial charge in [0.05, 0.1) is 5.92 Å². The van der Waals surface area contributed by atoms with Crippen molar-refractivity contribution in [1.82, 2.24) is 4.90 Å². The van der Waals surface area contributed by atoms with Gasteiger partial charge in [0.25, 0.3) is 5.91 Å². The number of carboxylic acids is 1. The van der Waals surface area contributed by atoms with Gasteiger partial charge in [-0.1, -0.05) is 6.92 Å². The summed E-state index contributed by atoms with van der Waals surface area (Å²) in [6.07, 6.45) is 0. The van der Waals surface area contributed by atoms with Gasteiger partial charge in [-0.25, -0.2) is 0 Å². The van der Waals surface area contributed by atoms with E-state index in [2.05, 4.69) is 0 Å². The van der Waals surface area contributed by atoms with E-state index in [0.29, 0.717) is 24.2 Å². The molecular weight excluding hydrogens is 260 g/mol. The average molecular weight is 276 g/mol. The van der Waals surface area contributed by atoms with E-state index in [9.17, 15) is 14.4 Å². The number of carbonyl (C=O) groups is 3. The Kier molecular flexibility index (Phi) is 3.74. The molecule has 0 radical (unpaired) electrons. The molecule has 1 heterocycles. The van der Waals surface area contributed by atoms with Crippen LogP contribution in [0.2, 0.25) is 0 Å². The molecule has 1 aliphatic rings. The number of nitrogens with zero attached hydrogens (tertiary/aromatic N) is 1. The third kappa shape index (κ3) is 2.64. The molecule has 2 rings (SSSR count). The summed E-state index contributed by atoms with van der Waals surface area (Å²) in [6.45, 7) is 2.55. The lowest BCUT2D eigenvalue weighted by molar-refractivity contribution is -0.144. The molecular formula is C14H16N2O4. The third-order valence-corrected chi connectivity index (χ3v) is 3.71. The summed E-state index contributed by atoms with van der Waals surface area (Å²) < 4.78 is 0. The zero-order chi connectivity index (χ0) is 14.9. The molecule has 1 fully saturated rings. The van der Waals surface area contributed by atoms with E-state index in [1.54, 1.807) is 24.0 Å². The first-order valence-corrected chi connectivity index (χ1v) is 6.32. The number of likely N-dealkylation sites (tertiary alicyclic amines) is 1. The summed E-state index contributed by atoms with van der Waals surface area (Å²) in [5.41, 5.74) is 5.95. The van der Waals surface area contributed by atoms with Crippen LogP contribution in [0.25, 0.3) is 0 Å². The number of amides is 2. The molecule has 1 aliphatic heterocycles. The molecule has 2 amide bonds. The summed E-state index contributed by atoms with van der Waals surface area (Å²) in [6, 6.07) is 6.12. The largest absolute Gasteiger partial charge is 0.481 e. The molecule has 0 aromatic heterocycles. The van der Waals surface area contributed by atoms with Crippen LogP contribution < -0.4 is 5.73 Å². The van der Waals surface area contributed by atoms with Gasteiger partial charge in [0.15, 0.2) is 0 Å². The lowest BCUT2D eigenvalue weighted by Gasteiger charge is -2.41. The van der Waals surface area contributed by atoms with Crippen LogP contribution in [-0.4, -0.2) is 40.9 Å². The number of aliphatic carboxylic acids is 1. The van der Waals surface area contributed by atoms with Crippen LogP contribution >= 0.6 is 0 Å². The Bertz CT molecular complexity index is 547. The zero-order valence-corrected chi connectivity index (χ0v) is 11.1. The van der Waals surface area contributed by atoms with Crippen LogP contribution in [0.5, 0.6) is 0 Å². The maximum absolute atomic E-state index is 12.1. The number of primary amides is 1. The van der Waals surface area contributed by atoms with Gasteiger partial charge in [-0.2, -0.15) is 0 Å². The molecule has 1 saturated heterocycles. The van der Waals surface area contributed by atoms with E-state index in [1.807, 2.05) is 0 Å². The average Bonchev–Trinajstić information content (AvgIpc) is 2.36. The molecule has 1 atom stereocenters. The zero-order valence-electron chi connectivity index (χ0n) is 11.1. The Morgan fingerprint density at radius 1 is 1.20 bits per heavy atom. The van der Waals surface area contributed by atoms with Crippen LogP contribution in [0.1, 0.15) is 27.6 Å². The molecule has 1 unspecified atom stereocenters. The normalized spacial score (nSPS) is 16.4. The number of hydrogen-bond acceptors (Lipinski definition) is 3. The number of rotatable bonds is 4. The highest BCUT2D eigenvalue weighted by atomic mass is 16.4. The second kappa shape index (κ2) is 5.32. The second-order valence-corrected chi connectivity index (χ2v) is 5.04. The summed E-state index contributed by atoms with van der Waals surface area (Å²) in [7, 11) is 0. The Morgan fingerprint density at radius 2 is 1.70 bits per heavy atom. The van der Waals surface area contributed by atoms with Gasteiger partial charge in [-0.3, -0.25) is 14.4 Å². The Morgan fingerprint density at radius 3 is 2.15 bits per heavy atom. The Balaban J connectivity index is 1.97. The van der Waals surface area contributed by atoms with Crippen molar-refractivity contribution in [3.05, 3.63) is 35.4 Å². The van der Waals surface area contributed by atoms with Crippen LogP contribution in [0.3, 0.4) is 0 Å². The maximum Gasteiger partial charge on any atom is 0.306 e. The van der Waals surface area contributed by atoms with Crippen molar-refractivity contribution >= 4 is 17.8 Å². The quantitative estimate of drug-likeness (QED) is 0.839.